The fourth-order valence-corrected chi connectivity index (χ4v) is 1.87. The molecule has 0 saturated carbocycles. The van der Waals surface area contributed by atoms with E-state index in [1.54, 1.807) is 36.6 Å². The van der Waals surface area contributed by atoms with Gasteiger partial charge in [0.1, 0.15) is 29.5 Å². The van der Waals surface area contributed by atoms with Crippen LogP contribution in [0.3, 0.4) is 0 Å². The van der Waals surface area contributed by atoms with E-state index < -0.39 is 0 Å². The topological polar surface area (TPSA) is 42.6 Å². The first-order chi connectivity index (χ1) is 9.22. The Labute approximate surface area is 108 Å². The van der Waals surface area contributed by atoms with Gasteiger partial charge in [0, 0.05) is 10.9 Å². The number of aromatic hydroxyl groups is 1. The van der Waals surface area contributed by atoms with Crippen LogP contribution < -0.4 is 4.74 Å². The second-order valence-electron chi connectivity index (χ2n) is 4.18. The van der Waals surface area contributed by atoms with Crippen molar-refractivity contribution in [3.8, 4) is 11.5 Å². The Hall–Kier alpha value is -2.49. The van der Waals surface area contributed by atoms with Crippen LogP contribution in [0.4, 0.5) is 4.39 Å². The van der Waals surface area contributed by atoms with Crippen molar-refractivity contribution in [1.29, 1.82) is 0 Å². The standard InChI is InChI=1S/C15H11FO3/c16-11-1-4-13(5-2-11)18-8-10-9-19-15-6-3-12(17)7-14(10)15/h1-7,9,17H,8H2. The first kappa shape index (κ1) is 11.6. The SMILES string of the molecule is Oc1ccc2occ(COc3ccc(F)cc3)c2c1. The molecule has 3 rings (SSSR count). The maximum atomic E-state index is 12.8. The van der Waals surface area contributed by atoms with Gasteiger partial charge in [0.25, 0.3) is 0 Å². The highest BCUT2D eigenvalue weighted by atomic mass is 19.1. The molecule has 1 heterocycles. The summed E-state index contributed by atoms with van der Waals surface area (Å²) in [7, 11) is 0. The zero-order chi connectivity index (χ0) is 13.2. The lowest BCUT2D eigenvalue weighted by Gasteiger charge is -2.04. The molecule has 0 aliphatic rings. The molecule has 0 amide bonds. The Bertz CT molecular complexity index is 701. The van der Waals surface area contributed by atoms with E-state index in [4.69, 9.17) is 9.15 Å². The van der Waals surface area contributed by atoms with Crippen LogP contribution in [0.15, 0.2) is 53.1 Å². The summed E-state index contributed by atoms with van der Waals surface area (Å²) in [5.41, 5.74) is 1.52. The number of halogens is 1. The molecule has 0 bridgehead atoms. The summed E-state index contributed by atoms with van der Waals surface area (Å²) in [6.07, 6.45) is 1.59. The highest BCUT2D eigenvalue weighted by Gasteiger charge is 2.07. The molecule has 0 saturated heterocycles. The number of phenolic OH excluding ortho intramolecular Hbond substituents is 1. The van der Waals surface area contributed by atoms with Crippen LogP contribution in [-0.4, -0.2) is 5.11 Å². The van der Waals surface area contributed by atoms with Gasteiger partial charge in [0.15, 0.2) is 0 Å². The summed E-state index contributed by atoms with van der Waals surface area (Å²) in [4.78, 5) is 0. The van der Waals surface area contributed by atoms with Crippen LogP contribution in [0, 0.1) is 5.82 Å². The molecule has 3 nitrogen and oxygen atoms in total. The number of benzene rings is 2. The minimum atomic E-state index is -0.300. The number of phenols is 1. The molecule has 3 aromatic rings. The van der Waals surface area contributed by atoms with Crippen LogP contribution in [0.1, 0.15) is 5.56 Å². The third kappa shape index (κ3) is 2.38. The Balaban J connectivity index is 1.81. The van der Waals surface area contributed by atoms with E-state index in [2.05, 4.69) is 0 Å². The van der Waals surface area contributed by atoms with Gasteiger partial charge in [-0.1, -0.05) is 0 Å². The average molecular weight is 258 g/mol. The number of hydrogen-bond acceptors (Lipinski definition) is 3. The van der Waals surface area contributed by atoms with Crippen molar-refractivity contribution in [2.24, 2.45) is 0 Å². The lowest BCUT2D eigenvalue weighted by molar-refractivity contribution is 0.305. The third-order valence-electron chi connectivity index (χ3n) is 2.85. The van der Waals surface area contributed by atoms with E-state index in [0.717, 1.165) is 10.9 Å². The molecular weight excluding hydrogens is 247 g/mol. The highest BCUT2D eigenvalue weighted by molar-refractivity contribution is 5.82. The molecule has 0 aliphatic heterocycles. The van der Waals surface area contributed by atoms with Crippen molar-refractivity contribution in [1.82, 2.24) is 0 Å². The summed E-state index contributed by atoms with van der Waals surface area (Å²) in [6, 6.07) is 10.7. The Morgan fingerprint density at radius 2 is 1.89 bits per heavy atom. The van der Waals surface area contributed by atoms with Gasteiger partial charge in [0.05, 0.1) is 6.26 Å². The van der Waals surface area contributed by atoms with E-state index in [-0.39, 0.29) is 11.6 Å². The van der Waals surface area contributed by atoms with Crippen molar-refractivity contribution in [3.63, 3.8) is 0 Å². The van der Waals surface area contributed by atoms with Gasteiger partial charge in [-0.15, -0.1) is 0 Å². The molecule has 1 aromatic heterocycles. The van der Waals surface area contributed by atoms with E-state index in [1.165, 1.54) is 12.1 Å². The van der Waals surface area contributed by atoms with Gasteiger partial charge in [0.2, 0.25) is 0 Å². The summed E-state index contributed by atoms with van der Waals surface area (Å²) >= 11 is 0. The van der Waals surface area contributed by atoms with E-state index >= 15 is 0 Å². The zero-order valence-electron chi connectivity index (χ0n) is 9.97. The van der Waals surface area contributed by atoms with Crippen molar-refractivity contribution in [2.45, 2.75) is 6.61 Å². The van der Waals surface area contributed by atoms with Gasteiger partial charge in [-0.05, 0) is 42.5 Å². The average Bonchev–Trinajstić information content (AvgIpc) is 2.80. The monoisotopic (exact) mass is 258 g/mol. The van der Waals surface area contributed by atoms with Gasteiger partial charge >= 0.3 is 0 Å². The molecule has 96 valence electrons. The summed E-state index contributed by atoms with van der Waals surface area (Å²) in [5.74, 6) is 0.457. The van der Waals surface area contributed by atoms with Gasteiger partial charge in [-0.3, -0.25) is 0 Å². The van der Waals surface area contributed by atoms with Crippen LogP contribution in [0.2, 0.25) is 0 Å². The minimum Gasteiger partial charge on any atom is -0.508 e. The molecule has 4 heteroatoms. The van der Waals surface area contributed by atoms with Crippen molar-refractivity contribution < 1.29 is 18.7 Å². The van der Waals surface area contributed by atoms with Gasteiger partial charge in [-0.2, -0.15) is 0 Å². The number of fused-ring (bicyclic) bond motifs is 1. The quantitative estimate of drug-likeness (QED) is 0.775. The first-order valence-corrected chi connectivity index (χ1v) is 5.80. The Morgan fingerprint density at radius 3 is 2.68 bits per heavy atom. The molecule has 0 spiro atoms. The van der Waals surface area contributed by atoms with Gasteiger partial charge < -0.3 is 14.3 Å². The summed E-state index contributed by atoms with van der Waals surface area (Å²) in [6.45, 7) is 0.294. The van der Waals surface area contributed by atoms with Crippen molar-refractivity contribution in [2.75, 3.05) is 0 Å². The van der Waals surface area contributed by atoms with Crippen molar-refractivity contribution >= 4 is 11.0 Å². The molecule has 0 radical (unpaired) electrons. The molecule has 2 aromatic carbocycles. The Morgan fingerprint density at radius 1 is 1.11 bits per heavy atom. The van der Waals surface area contributed by atoms with E-state index in [1.807, 2.05) is 0 Å². The van der Waals surface area contributed by atoms with Crippen LogP contribution in [-0.2, 0) is 6.61 Å². The molecule has 1 N–H and O–H groups in total. The lowest BCUT2D eigenvalue weighted by atomic mass is 10.2. The van der Waals surface area contributed by atoms with E-state index in [0.29, 0.717) is 17.9 Å². The maximum Gasteiger partial charge on any atom is 0.134 e. The fourth-order valence-electron chi connectivity index (χ4n) is 1.87. The highest BCUT2D eigenvalue weighted by Crippen LogP contribution is 2.26. The fraction of sp³-hybridized carbons (Fsp3) is 0.0667. The van der Waals surface area contributed by atoms with Gasteiger partial charge in [-0.25, -0.2) is 4.39 Å². The maximum absolute atomic E-state index is 12.8. The number of furan rings is 1. The Kier molecular flexibility index (Phi) is 2.83. The number of hydrogen-bond donors (Lipinski definition) is 1. The second-order valence-corrected chi connectivity index (χ2v) is 4.18. The second kappa shape index (κ2) is 4.65. The minimum absolute atomic E-state index is 0.178. The predicted octanol–water partition coefficient (Wildman–Crippen LogP) is 3.86. The molecule has 19 heavy (non-hydrogen) atoms. The normalized spacial score (nSPS) is 10.8. The van der Waals surface area contributed by atoms with Crippen molar-refractivity contribution in [3.05, 3.63) is 60.1 Å². The molecule has 0 aliphatic carbocycles. The summed E-state index contributed by atoms with van der Waals surface area (Å²) in [5, 5.41) is 10.3. The van der Waals surface area contributed by atoms with Crippen LogP contribution in [0.25, 0.3) is 11.0 Å². The molecule has 0 fully saturated rings. The first-order valence-electron chi connectivity index (χ1n) is 5.80. The third-order valence-corrected chi connectivity index (χ3v) is 2.85. The smallest absolute Gasteiger partial charge is 0.134 e. The number of ether oxygens (including phenoxy) is 1. The zero-order valence-corrected chi connectivity index (χ0v) is 9.97. The van der Waals surface area contributed by atoms with Crippen LogP contribution in [0.5, 0.6) is 11.5 Å². The number of rotatable bonds is 3. The van der Waals surface area contributed by atoms with E-state index in [9.17, 15) is 9.50 Å². The molecule has 0 unspecified atom stereocenters. The molecular formula is C15H11FO3. The van der Waals surface area contributed by atoms with Crippen LogP contribution >= 0.6 is 0 Å². The molecule has 0 atom stereocenters. The predicted molar refractivity (Wildman–Crippen MR) is 68.6 cm³/mol. The summed E-state index contributed by atoms with van der Waals surface area (Å²) < 4.78 is 23.7. The largest absolute Gasteiger partial charge is 0.508 e. The lowest BCUT2D eigenvalue weighted by Crippen LogP contribution is -1.94.